The van der Waals surface area contributed by atoms with Gasteiger partial charge in [0, 0.05) is 35.5 Å². The van der Waals surface area contributed by atoms with Crippen molar-refractivity contribution in [3.05, 3.63) is 100 Å². The topological polar surface area (TPSA) is 63.4 Å². The third-order valence-electron chi connectivity index (χ3n) is 7.86. The fraction of sp³-hybridized carbons (Fsp3) is 0.333. The number of Topliss-reactive ketones (excluding diaryl/α,β-unsaturated/α-hetero) is 1. The van der Waals surface area contributed by atoms with E-state index >= 15 is 0 Å². The fourth-order valence-electron chi connectivity index (χ4n) is 5.90. The lowest BCUT2D eigenvalue weighted by molar-refractivity contribution is -0.119. The summed E-state index contributed by atoms with van der Waals surface area (Å²) in [4.78, 5) is 20.6. The lowest BCUT2D eigenvalue weighted by Crippen LogP contribution is -2.18. The summed E-state index contributed by atoms with van der Waals surface area (Å²) >= 11 is 6.26. The summed E-state index contributed by atoms with van der Waals surface area (Å²) < 4.78 is 2.07. The molecule has 1 aromatic heterocycles. The van der Waals surface area contributed by atoms with Crippen LogP contribution in [0.3, 0.4) is 0 Å². The van der Waals surface area contributed by atoms with Crippen LogP contribution >= 0.6 is 11.6 Å². The van der Waals surface area contributed by atoms with Crippen LogP contribution in [0, 0.1) is 6.92 Å². The standard InChI is InChI=1S/C33H34ClN5O/c1-3-7-28(40)20-30-33-37-36-22(2)39(33)31-15-12-26(19-29(31)32(35-30)24-10-13-27(34)14-11-24)25-9-6-8-23(18-25)21-38-16-4-5-17-38/h6,8-15,18-19,30H,3-5,7,16-17,20-21H2,1-2H3/t30-/m0/s1. The van der Waals surface area contributed by atoms with E-state index in [1.807, 2.05) is 38.1 Å². The number of fused-ring (bicyclic) bond motifs is 3. The van der Waals surface area contributed by atoms with Gasteiger partial charge in [-0.1, -0.05) is 54.9 Å². The van der Waals surface area contributed by atoms with Gasteiger partial charge in [0.2, 0.25) is 0 Å². The van der Waals surface area contributed by atoms with Gasteiger partial charge in [-0.05, 0) is 86.3 Å². The molecule has 0 N–H and O–H groups in total. The number of carbonyl (C=O) groups is 1. The van der Waals surface area contributed by atoms with Crippen molar-refractivity contribution in [2.75, 3.05) is 13.1 Å². The molecule has 0 spiro atoms. The molecule has 204 valence electrons. The zero-order valence-corrected chi connectivity index (χ0v) is 23.9. The number of likely N-dealkylation sites (tertiary alicyclic amines) is 1. The molecule has 0 saturated carbocycles. The van der Waals surface area contributed by atoms with Crippen molar-refractivity contribution in [1.82, 2.24) is 19.7 Å². The minimum Gasteiger partial charge on any atom is -0.300 e. The molecule has 0 radical (unpaired) electrons. The summed E-state index contributed by atoms with van der Waals surface area (Å²) in [7, 11) is 0. The van der Waals surface area contributed by atoms with Crippen LogP contribution in [0.15, 0.2) is 71.7 Å². The molecule has 6 rings (SSSR count). The fourth-order valence-corrected chi connectivity index (χ4v) is 6.02. The first-order valence-electron chi connectivity index (χ1n) is 14.2. The Balaban J connectivity index is 1.48. The van der Waals surface area contributed by atoms with E-state index in [0.29, 0.717) is 23.7 Å². The first-order chi connectivity index (χ1) is 19.5. The average Bonchev–Trinajstić information content (AvgIpc) is 3.58. The molecule has 2 aliphatic heterocycles. The molecular weight excluding hydrogens is 518 g/mol. The second kappa shape index (κ2) is 11.5. The van der Waals surface area contributed by atoms with Crippen molar-refractivity contribution in [2.45, 2.75) is 58.5 Å². The minimum atomic E-state index is -0.425. The van der Waals surface area contributed by atoms with Crippen molar-refractivity contribution < 1.29 is 4.79 Å². The highest BCUT2D eigenvalue weighted by molar-refractivity contribution is 6.30. The molecule has 1 fully saturated rings. The Labute approximate surface area is 240 Å². The van der Waals surface area contributed by atoms with E-state index < -0.39 is 6.04 Å². The van der Waals surface area contributed by atoms with Gasteiger partial charge in [-0.25, -0.2) is 0 Å². The Kier molecular flexibility index (Phi) is 7.63. The van der Waals surface area contributed by atoms with Crippen LogP contribution in [-0.4, -0.2) is 44.2 Å². The summed E-state index contributed by atoms with van der Waals surface area (Å²) in [5.74, 6) is 1.66. The number of hydrogen-bond acceptors (Lipinski definition) is 5. The second-order valence-corrected chi connectivity index (χ2v) is 11.3. The van der Waals surface area contributed by atoms with Gasteiger partial charge in [0.1, 0.15) is 17.6 Å². The Bertz CT molecular complexity index is 1570. The molecule has 6 nitrogen and oxygen atoms in total. The lowest BCUT2D eigenvalue weighted by Gasteiger charge is -2.17. The van der Waals surface area contributed by atoms with E-state index in [9.17, 15) is 4.79 Å². The average molecular weight is 552 g/mol. The maximum absolute atomic E-state index is 12.8. The highest BCUT2D eigenvalue weighted by Gasteiger charge is 2.29. The number of carbonyl (C=O) groups excluding carboxylic acids is 1. The lowest BCUT2D eigenvalue weighted by atomic mass is 9.95. The molecule has 0 unspecified atom stereocenters. The predicted molar refractivity (Wildman–Crippen MR) is 160 cm³/mol. The number of aliphatic imine (C=N–C) groups is 1. The maximum Gasteiger partial charge on any atom is 0.162 e. The second-order valence-electron chi connectivity index (χ2n) is 10.8. The molecular formula is C33H34ClN5O. The third kappa shape index (κ3) is 5.38. The van der Waals surface area contributed by atoms with Crippen LogP contribution in [0.25, 0.3) is 16.8 Å². The van der Waals surface area contributed by atoms with Gasteiger partial charge in [0.05, 0.1) is 11.4 Å². The smallest absolute Gasteiger partial charge is 0.162 e. The molecule has 1 atom stereocenters. The van der Waals surface area contributed by atoms with Crippen molar-refractivity contribution in [3.63, 3.8) is 0 Å². The summed E-state index contributed by atoms with van der Waals surface area (Å²) in [6.07, 6.45) is 4.20. The predicted octanol–water partition coefficient (Wildman–Crippen LogP) is 7.14. The van der Waals surface area contributed by atoms with Gasteiger partial charge < -0.3 is 0 Å². The van der Waals surface area contributed by atoms with Crippen LogP contribution in [0.1, 0.15) is 73.4 Å². The molecule has 1 saturated heterocycles. The molecule has 0 amide bonds. The van der Waals surface area contributed by atoms with E-state index in [1.165, 1.54) is 37.1 Å². The van der Waals surface area contributed by atoms with Gasteiger partial charge in [-0.3, -0.25) is 19.3 Å². The van der Waals surface area contributed by atoms with E-state index in [1.54, 1.807) is 0 Å². The summed E-state index contributed by atoms with van der Waals surface area (Å²) in [5.41, 5.74) is 7.36. The molecule has 7 heteroatoms. The van der Waals surface area contributed by atoms with Crippen LogP contribution < -0.4 is 0 Å². The van der Waals surface area contributed by atoms with Crippen LogP contribution in [0.2, 0.25) is 5.02 Å². The molecule has 40 heavy (non-hydrogen) atoms. The number of nitrogens with zero attached hydrogens (tertiary/aromatic N) is 5. The summed E-state index contributed by atoms with van der Waals surface area (Å²) in [5, 5.41) is 9.59. The number of rotatable bonds is 8. The van der Waals surface area contributed by atoms with Gasteiger partial charge >= 0.3 is 0 Å². The first-order valence-corrected chi connectivity index (χ1v) is 14.6. The molecule has 4 aromatic rings. The number of benzene rings is 3. The zero-order valence-electron chi connectivity index (χ0n) is 23.1. The van der Waals surface area contributed by atoms with Crippen LogP contribution in [-0.2, 0) is 11.3 Å². The largest absolute Gasteiger partial charge is 0.300 e. The quantitative estimate of drug-likeness (QED) is 0.233. The molecule has 0 aliphatic carbocycles. The molecule has 0 bridgehead atoms. The van der Waals surface area contributed by atoms with Gasteiger partial charge in [-0.15, -0.1) is 10.2 Å². The van der Waals surface area contributed by atoms with Crippen LogP contribution in [0.5, 0.6) is 0 Å². The zero-order chi connectivity index (χ0) is 27.6. The molecule has 2 aliphatic rings. The van der Waals surface area contributed by atoms with Crippen molar-refractivity contribution >= 4 is 23.1 Å². The highest BCUT2D eigenvalue weighted by Crippen LogP contribution is 2.35. The molecule has 3 heterocycles. The SMILES string of the molecule is CCCC(=O)C[C@@H]1N=C(c2ccc(Cl)cc2)c2cc(-c3cccc(CN4CCCC4)c3)ccc2-n2c(C)nnc21. The number of aromatic nitrogens is 3. The van der Waals surface area contributed by atoms with Crippen molar-refractivity contribution in [2.24, 2.45) is 4.99 Å². The first kappa shape index (κ1) is 26.6. The monoisotopic (exact) mass is 551 g/mol. The summed E-state index contributed by atoms with van der Waals surface area (Å²) in [6, 6.07) is 22.7. The Morgan fingerprint density at radius 2 is 1.70 bits per heavy atom. The van der Waals surface area contributed by atoms with E-state index in [4.69, 9.17) is 16.6 Å². The molecule has 3 aromatic carbocycles. The van der Waals surface area contributed by atoms with Gasteiger partial charge in [-0.2, -0.15) is 0 Å². The van der Waals surface area contributed by atoms with E-state index in [-0.39, 0.29) is 5.78 Å². The normalized spacial score (nSPS) is 16.8. The Hall–Kier alpha value is -3.61. The Morgan fingerprint density at radius 3 is 2.48 bits per heavy atom. The van der Waals surface area contributed by atoms with E-state index in [0.717, 1.165) is 46.9 Å². The number of hydrogen-bond donors (Lipinski definition) is 0. The van der Waals surface area contributed by atoms with Gasteiger partial charge in [0.15, 0.2) is 5.82 Å². The maximum atomic E-state index is 12.8. The Morgan fingerprint density at radius 1 is 0.950 bits per heavy atom. The minimum absolute atomic E-state index is 0.181. The van der Waals surface area contributed by atoms with Gasteiger partial charge in [0.25, 0.3) is 0 Å². The van der Waals surface area contributed by atoms with Crippen molar-refractivity contribution in [1.29, 1.82) is 0 Å². The highest BCUT2D eigenvalue weighted by atomic mass is 35.5. The third-order valence-corrected chi connectivity index (χ3v) is 8.11. The van der Waals surface area contributed by atoms with E-state index in [2.05, 4.69) is 62.1 Å². The van der Waals surface area contributed by atoms with Crippen molar-refractivity contribution in [3.8, 4) is 16.8 Å². The van der Waals surface area contributed by atoms with Crippen LogP contribution in [0.4, 0.5) is 0 Å². The number of aryl methyl sites for hydroxylation is 1. The number of ketones is 1. The number of halogens is 1. The summed E-state index contributed by atoms with van der Waals surface area (Å²) in [6.45, 7) is 7.30.